The van der Waals surface area contributed by atoms with Gasteiger partial charge >= 0.3 is 0 Å². The average Bonchev–Trinajstić information content (AvgIpc) is 3.24. The first-order valence-corrected chi connectivity index (χ1v) is 12.2. The van der Waals surface area contributed by atoms with Crippen molar-refractivity contribution in [3.63, 3.8) is 0 Å². The molecule has 4 aliphatic rings. The van der Waals surface area contributed by atoms with Crippen LogP contribution in [0.5, 0.6) is 0 Å². The summed E-state index contributed by atoms with van der Waals surface area (Å²) >= 11 is 0. The number of hydrogen-bond acceptors (Lipinski definition) is 4. The van der Waals surface area contributed by atoms with Crippen molar-refractivity contribution in [2.24, 2.45) is 40.4 Å². The van der Waals surface area contributed by atoms with E-state index in [0.717, 1.165) is 31.1 Å². The molecule has 4 saturated carbocycles. The minimum Gasteiger partial charge on any atom is -0.396 e. The second-order valence-electron chi connectivity index (χ2n) is 12.0. The van der Waals surface area contributed by atoms with E-state index in [4.69, 9.17) is 5.73 Å². The summed E-state index contributed by atoms with van der Waals surface area (Å²) in [5, 5.41) is 14.9. The molecule has 1 heterocycles. The molecule has 0 bridgehead atoms. The third-order valence-electron chi connectivity index (χ3n) is 10.3. The van der Waals surface area contributed by atoms with E-state index in [1.807, 2.05) is 6.92 Å². The van der Waals surface area contributed by atoms with Crippen molar-refractivity contribution in [1.82, 2.24) is 9.78 Å². The molecule has 8 atom stereocenters. The van der Waals surface area contributed by atoms with Crippen molar-refractivity contribution in [2.45, 2.75) is 90.7 Å². The van der Waals surface area contributed by atoms with E-state index >= 15 is 0 Å². The van der Waals surface area contributed by atoms with E-state index in [0.29, 0.717) is 35.3 Å². The lowest BCUT2D eigenvalue weighted by molar-refractivity contribution is -0.151. The van der Waals surface area contributed by atoms with Crippen LogP contribution in [0, 0.1) is 40.4 Å². The lowest BCUT2D eigenvalue weighted by atomic mass is 9.44. The SMILES string of the molecule is C[C@@]1(O)CC[C@@]2(C)[C@H](CC[C@H]3C4CC[C@H](C(=O)Cn5cc(N)cn5)[C@@]4(C)CC[C@@H]32)C1. The van der Waals surface area contributed by atoms with Crippen molar-refractivity contribution in [3.05, 3.63) is 12.4 Å². The molecule has 4 fully saturated rings. The lowest BCUT2D eigenvalue weighted by Gasteiger charge is -2.61. The van der Waals surface area contributed by atoms with Gasteiger partial charge in [-0.15, -0.1) is 0 Å². The van der Waals surface area contributed by atoms with Crippen LogP contribution in [0.2, 0.25) is 0 Å². The standard InChI is InChI=1S/C25H39N3O2/c1-23(30)10-11-24(2)16(12-23)4-5-18-19-6-7-21(25(19,3)9-8-20(18)24)22(29)15-28-14-17(26)13-27-28/h13-14,16,18-21,30H,4-12,15,26H2,1-3H3/t16-,18+,19?,20+,21-,23-,24+,25+/m1/s1. The van der Waals surface area contributed by atoms with E-state index < -0.39 is 5.60 Å². The molecule has 5 nitrogen and oxygen atoms in total. The molecule has 4 aliphatic carbocycles. The summed E-state index contributed by atoms with van der Waals surface area (Å²) in [6.07, 6.45) is 13.7. The van der Waals surface area contributed by atoms with Crippen LogP contribution in [-0.4, -0.2) is 26.3 Å². The summed E-state index contributed by atoms with van der Waals surface area (Å²) in [4.78, 5) is 13.3. The summed E-state index contributed by atoms with van der Waals surface area (Å²) in [6, 6.07) is 0. The van der Waals surface area contributed by atoms with Gasteiger partial charge in [0.25, 0.3) is 0 Å². The number of aliphatic hydroxyl groups is 1. The number of nitrogens with zero attached hydrogens (tertiary/aromatic N) is 2. The number of carbonyl (C=O) groups is 1. The normalized spacial score (nSPS) is 47.9. The molecule has 5 rings (SSSR count). The van der Waals surface area contributed by atoms with Crippen LogP contribution in [0.25, 0.3) is 0 Å². The van der Waals surface area contributed by atoms with Gasteiger partial charge in [-0.25, -0.2) is 0 Å². The number of Topliss-reactive ketones (excluding diaryl/α,β-unsaturated/α-hetero) is 1. The number of hydrogen-bond donors (Lipinski definition) is 2. The van der Waals surface area contributed by atoms with E-state index in [2.05, 4.69) is 18.9 Å². The Balaban J connectivity index is 1.34. The van der Waals surface area contributed by atoms with Crippen LogP contribution < -0.4 is 5.73 Å². The van der Waals surface area contributed by atoms with Crippen LogP contribution in [0.15, 0.2) is 12.4 Å². The fourth-order valence-electron chi connectivity index (χ4n) is 8.70. The van der Waals surface area contributed by atoms with Gasteiger partial charge in [-0.05, 0) is 99.2 Å². The van der Waals surface area contributed by atoms with Gasteiger partial charge in [0.15, 0.2) is 5.78 Å². The van der Waals surface area contributed by atoms with Gasteiger partial charge < -0.3 is 10.8 Å². The number of nitrogens with two attached hydrogens (primary N) is 1. The minimum atomic E-state index is -0.471. The maximum absolute atomic E-state index is 13.3. The number of nitrogen functional groups attached to an aromatic ring is 1. The summed E-state index contributed by atoms with van der Waals surface area (Å²) in [6.45, 7) is 7.34. The number of ketones is 1. The second kappa shape index (κ2) is 6.82. The molecule has 1 unspecified atom stereocenters. The van der Waals surface area contributed by atoms with Crippen molar-refractivity contribution >= 4 is 11.5 Å². The van der Waals surface area contributed by atoms with Crippen molar-refractivity contribution < 1.29 is 9.90 Å². The highest BCUT2D eigenvalue weighted by atomic mass is 16.3. The molecule has 1 aromatic rings. The number of aromatic nitrogens is 2. The van der Waals surface area contributed by atoms with Gasteiger partial charge in [0.1, 0.15) is 0 Å². The monoisotopic (exact) mass is 413 g/mol. The molecule has 0 radical (unpaired) electrons. The molecule has 0 amide bonds. The minimum absolute atomic E-state index is 0.139. The van der Waals surface area contributed by atoms with Gasteiger partial charge in [0, 0.05) is 12.1 Å². The molecule has 5 heteroatoms. The molecule has 0 saturated heterocycles. The third kappa shape index (κ3) is 3.06. The molecule has 30 heavy (non-hydrogen) atoms. The third-order valence-corrected chi connectivity index (χ3v) is 10.3. The second-order valence-corrected chi connectivity index (χ2v) is 12.0. The Morgan fingerprint density at radius 1 is 1.10 bits per heavy atom. The van der Waals surface area contributed by atoms with Gasteiger partial charge in [-0.1, -0.05) is 13.8 Å². The quantitative estimate of drug-likeness (QED) is 0.767. The number of fused-ring (bicyclic) bond motifs is 5. The zero-order valence-electron chi connectivity index (χ0n) is 18.9. The van der Waals surface area contributed by atoms with Crippen molar-refractivity contribution in [2.75, 3.05) is 5.73 Å². The van der Waals surface area contributed by atoms with E-state index in [9.17, 15) is 9.90 Å². The van der Waals surface area contributed by atoms with E-state index in [-0.39, 0.29) is 11.3 Å². The average molecular weight is 414 g/mol. The van der Waals surface area contributed by atoms with Gasteiger partial charge in [-0.2, -0.15) is 5.10 Å². The summed E-state index contributed by atoms with van der Waals surface area (Å²) in [7, 11) is 0. The zero-order chi connectivity index (χ0) is 21.3. The smallest absolute Gasteiger partial charge is 0.157 e. The molecule has 166 valence electrons. The molecule has 0 spiro atoms. The number of rotatable bonds is 3. The largest absolute Gasteiger partial charge is 0.396 e. The van der Waals surface area contributed by atoms with Gasteiger partial charge in [-0.3, -0.25) is 9.48 Å². The highest BCUT2D eigenvalue weighted by Crippen LogP contribution is 2.68. The van der Waals surface area contributed by atoms with E-state index in [1.165, 1.54) is 38.5 Å². The highest BCUT2D eigenvalue weighted by molar-refractivity contribution is 5.82. The molecule has 1 aromatic heterocycles. The van der Waals surface area contributed by atoms with Crippen molar-refractivity contribution in [1.29, 1.82) is 0 Å². The van der Waals surface area contributed by atoms with Crippen LogP contribution in [-0.2, 0) is 11.3 Å². The Hall–Kier alpha value is -1.36. The first kappa shape index (κ1) is 20.5. The molecular weight excluding hydrogens is 374 g/mol. The first-order chi connectivity index (χ1) is 14.1. The maximum Gasteiger partial charge on any atom is 0.157 e. The van der Waals surface area contributed by atoms with Crippen molar-refractivity contribution in [3.8, 4) is 0 Å². The summed E-state index contributed by atoms with van der Waals surface area (Å²) < 4.78 is 1.71. The first-order valence-electron chi connectivity index (χ1n) is 12.2. The maximum atomic E-state index is 13.3. The van der Waals surface area contributed by atoms with Gasteiger partial charge in [0.05, 0.1) is 24.0 Å². The predicted octanol–water partition coefficient (Wildman–Crippen LogP) is 4.44. The zero-order valence-corrected chi connectivity index (χ0v) is 18.9. The Kier molecular flexibility index (Phi) is 4.67. The molecular formula is C25H39N3O2. The predicted molar refractivity (Wildman–Crippen MR) is 117 cm³/mol. The van der Waals surface area contributed by atoms with Crippen LogP contribution in [0.1, 0.15) is 78.6 Å². The van der Waals surface area contributed by atoms with E-state index in [1.54, 1.807) is 17.1 Å². The topological polar surface area (TPSA) is 81.1 Å². The summed E-state index contributed by atoms with van der Waals surface area (Å²) in [5.74, 6) is 3.36. The Morgan fingerprint density at radius 3 is 2.60 bits per heavy atom. The highest BCUT2D eigenvalue weighted by Gasteiger charge is 2.61. The fraction of sp³-hybridized carbons (Fsp3) is 0.840. The van der Waals surface area contributed by atoms with Crippen LogP contribution in [0.4, 0.5) is 5.69 Å². The molecule has 3 N–H and O–H groups in total. The molecule has 0 aromatic carbocycles. The fourth-order valence-corrected chi connectivity index (χ4v) is 8.70. The Bertz CT molecular complexity index is 832. The Morgan fingerprint density at radius 2 is 1.87 bits per heavy atom. The number of carbonyl (C=O) groups excluding carboxylic acids is 1. The van der Waals surface area contributed by atoms with Gasteiger partial charge in [0.2, 0.25) is 0 Å². The molecule has 0 aliphatic heterocycles. The summed E-state index contributed by atoms with van der Waals surface area (Å²) in [5.41, 5.74) is 6.45. The van der Waals surface area contributed by atoms with Crippen LogP contribution >= 0.6 is 0 Å². The Labute approximate surface area is 180 Å². The lowest BCUT2D eigenvalue weighted by Crippen LogP contribution is -2.55. The number of anilines is 1. The van der Waals surface area contributed by atoms with Crippen LogP contribution in [0.3, 0.4) is 0 Å².